The molecule has 0 amide bonds. The van der Waals surface area contributed by atoms with Gasteiger partial charge in [0, 0.05) is 5.25 Å². The number of carbonyl (C=O) groups is 1. The summed E-state index contributed by atoms with van der Waals surface area (Å²) in [7, 11) is 0. The average Bonchev–Trinajstić information content (AvgIpc) is 2.12. The van der Waals surface area contributed by atoms with Gasteiger partial charge in [0.05, 0.1) is 18.5 Å². The summed E-state index contributed by atoms with van der Waals surface area (Å²) in [4.78, 5) is 11.0. The van der Waals surface area contributed by atoms with Crippen molar-refractivity contribution < 1.29 is 14.6 Å². The lowest BCUT2D eigenvalue weighted by Gasteiger charge is -2.37. The summed E-state index contributed by atoms with van der Waals surface area (Å²) in [6.07, 6.45) is 3.23. The molecular weight excluding hydrogens is 214 g/mol. The Morgan fingerprint density at radius 1 is 1.47 bits per heavy atom. The van der Waals surface area contributed by atoms with Crippen LogP contribution < -0.4 is 5.73 Å². The van der Waals surface area contributed by atoms with Crippen LogP contribution in [0, 0.1) is 0 Å². The van der Waals surface area contributed by atoms with Crippen LogP contribution in [0.25, 0.3) is 0 Å². The van der Waals surface area contributed by atoms with Crippen LogP contribution in [0.4, 0.5) is 0 Å². The number of hydrogen-bond acceptors (Lipinski definition) is 4. The highest BCUT2D eigenvalue weighted by molar-refractivity contribution is 8.00. The molecule has 2 rings (SSSR count). The summed E-state index contributed by atoms with van der Waals surface area (Å²) in [5, 5.41) is 10.0. The van der Waals surface area contributed by atoms with Gasteiger partial charge in [0.2, 0.25) is 0 Å². The van der Waals surface area contributed by atoms with Crippen LogP contribution in [0.3, 0.4) is 0 Å². The van der Waals surface area contributed by atoms with Crippen LogP contribution in [0.15, 0.2) is 0 Å². The Kier molecular flexibility index (Phi) is 3.23. The van der Waals surface area contributed by atoms with Crippen LogP contribution in [0.2, 0.25) is 0 Å². The Bertz CT molecular complexity index is 257. The third-order valence-corrected chi connectivity index (χ3v) is 4.60. The monoisotopic (exact) mass is 231 g/mol. The molecule has 1 aliphatic carbocycles. The zero-order valence-corrected chi connectivity index (χ0v) is 9.46. The molecule has 1 saturated heterocycles. The number of ether oxygens (including phenoxy) is 1. The molecule has 1 aliphatic heterocycles. The van der Waals surface area contributed by atoms with Gasteiger partial charge < -0.3 is 15.6 Å². The highest BCUT2D eigenvalue weighted by Crippen LogP contribution is 2.37. The second kappa shape index (κ2) is 4.31. The van der Waals surface area contributed by atoms with E-state index in [4.69, 9.17) is 15.6 Å². The first-order valence-electron chi connectivity index (χ1n) is 5.36. The summed E-state index contributed by atoms with van der Waals surface area (Å²) in [6.45, 7) is 1.62. The van der Waals surface area contributed by atoms with Gasteiger partial charge in [-0.25, -0.2) is 0 Å². The van der Waals surface area contributed by atoms with E-state index in [-0.39, 0.29) is 0 Å². The lowest BCUT2D eigenvalue weighted by molar-refractivity contribution is -0.144. The summed E-state index contributed by atoms with van der Waals surface area (Å²) in [5.41, 5.74) is 4.90. The topological polar surface area (TPSA) is 72.6 Å². The van der Waals surface area contributed by atoms with Gasteiger partial charge in [-0.15, -0.1) is 0 Å². The molecule has 0 aromatic heterocycles. The van der Waals surface area contributed by atoms with Crippen molar-refractivity contribution in [2.45, 2.75) is 41.7 Å². The largest absolute Gasteiger partial charge is 0.480 e. The van der Waals surface area contributed by atoms with Gasteiger partial charge in [-0.05, 0) is 25.7 Å². The SMILES string of the molecule is NC1(C(=O)O)CCCC(SC2COC2)C1. The molecule has 0 spiro atoms. The molecule has 0 aromatic carbocycles. The summed E-state index contributed by atoms with van der Waals surface area (Å²) in [6, 6.07) is 0. The Hall–Kier alpha value is -0.260. The fourth-order valence-corrected chi connectivity index (χ4v) is 3.72. The lowest BCUT2D eigenvalue weighted by atomic mass is 9.82. The normalized spacial score (nSPS) is 37.3. The highest BCUT2D eigenvalue weighted by Gasteiger charge is 2.40. The van der Waals surface area contributed by atoms with Crippen LogP contribution in [-0.2, 0) is 9.53 Å². The molecule has 5 heteroatoms. The van der Waals surface area contributed by atoms with Gasteiger partial charge in [0.1, 0.15) is 5.54 Å². The predicted octanol–water partition coefficient (Wildman–Crippen LogP) is 0.843. The highest BCUT2D eigenvalue weighted by atomic mass is 32.2. The number of aliphatic carboxylic acids is 1. The van der Waals surface area contributed by atoms with Crippen LogP contribution in [0.5, 0.6) is 0 Å². The van der Waals surface area contributed by atoms with Gasteiger partial charge in [0.15, 0.2) is 0 Å². The van der Waals surface area contributed by atoms with Crippen molar-refractivity contribution in [3.05, 3.63) is 0 Å². The molecule has 4 nitrogen and oxygen atoms in total. The molecule has 1 saturated carbocycles. The molecule has 3 N–H and O–H groups in total. The maximum Gasteiger partial charge on any atom is 0.323 e. The number of carboxylic acid groups (broad SMARTS) is 1. The number of hydrogen-bond donors (Lipinski definition) is 2. The van der Waals surface area contributed by atoms with Crippen molar-refractivity contribution >= 4 is 17.7 Å². The van der Waals surface area contributed by atoms with Crippen LogP contribution in [0.1, 0.15) is 25.7 Å². The fourth-order valence-electron chi connectivity index (χ4n) is 2.13. The van der Waals surface area contributed by atoms with E-state index < -0.39 is 11.5 Å². The first kappa shape index (κ1) is 11.2. The Labute approximate surface area is 93.5 Å². The third kappa shape index (κ3) is 2.46. The fraction of sp³-hybridized carbons (Fsp3) is 0.900. The zero-order chi connectivity index (χ0) is 10.9. The number of nitrogens with two attached hydrogens (primary N) is 1. The quantitative estimate of drug-likeness (QED) is 0.753. The second-order valence-electron chi connectivity index (χ2n) is 4.48. The molecular formula is C10H17NO3S. The van der Waals surface area contributed by atoms with E-state index in [2.05, 4.69) is 0 Å². The Morgan fingerprint density at radius 2 is 2.20 bits per heavy atom. The summed E-state index contributed by atoms with van der Waals surface area (Å²) in [5.74, 6) is -0.849. The number of carboxylic acids is 1. The van der Waals surface area contributed by atoms with Crippen molar-refractivity contribution in [3.63, 3.8) is 0 Å². The minimum Gasteiger partial charge on any atom is -0.480 e. The molecule has 2 unspecified atom stereocenters. The molecule has 0 bridgehead atoms. The number of thioether (sulfide) groups is 1. The van der Waals surface area contributed by atoms with Crippen molar-refractivity contribution in [3.8, 4) is 0 Å². The lowest BCUT2D eigenvalue weighted by Crippen LogP contribution is -2.52. The first-order valence-corrected chi connectivity index (χ1v) is 6.30. The van der Waals surface area contributed by atoms with Crippen molar-refractivity contribution in [1.29, 1.82) is 0 Å². The minimum atomic E-state index is -0.986. The Balaban J connectivity index is 1.88. The van der Waals surface area contributed by atoms with Gasteiger partial charge in [-0.3, -0.25) is 4.79 Å². The van der Waals surface area contributed by atoms with Crippen molar-refractivity contribution in [2.75, 3.05) is 13.2 Å². The number of rotatable bonds is 3. The molecule has 2 atom stereocenters. The first-order chi connectivity index (χ1) is 7.10. The van der Waals surface area contributed by atoms with E-state index >= 15 is 0 Å². The van der Waals surface area contributed by atoms with E-state index in [1.54, 1.807) is 0 Å². The van der Waals surface area contributed by atoms with Gasteiger partial charge >= 0.3 is 5.97 Å². The van der Waals surface area contributed by atoms with E-state index in [1.807, 2.05) is 11.8 Å². The minimum absolute atomic E-state index is 0.397. The molecule has 86 valence electrons. The van der Waals surface area contributed by atoms with Crippen LogP contribution >= 0.6 is 11.8 Å². The van der Waals surface area contributed by atoms with E-state index in [0.29, 0.717) is 23.3 Å². The summed E-state index contributed by atoms with van der Waals surface area (Å²) < 4.78 is 5.11. The molecule has 2 fully saturated rings. The van der Waals surface area contributed by atoms with E-state index in [1.165, 1.54) is 0 Å². The summed E-state index contributed by atoms with van der Waals surface area (Å²) >= 11 is 1.86. The van der Waals surface area contributed by atoms with Crippen molar-refractivity contribution in [2.24, 2.45) is 5.73 Å². The molecule has 0 radical (unpaired) electrons. The van der Waals surface area contributed by atoms with E-state index in [0.717, 1.165) is 26.1 Å². The van der Waals surface area contributed by atoms with Gasteiger partial charge in [-0.1, -0.05) is 0 Å². The zero-order valence-electron chi connectivity index (χ0n) is 8.65. The van der Waals surface area contributed by atoms with E-state index in [9.17, 15) is 4.79 Å². The third-order valence-electron chi connectivity index (χ3n) is 3.16. The smallest absolute Gasteiger partial charge is 0.323 e. The standard InChI is InChI=1S/C10H17NO3S/c11-10(9(12)13)3-1-2-7(4-10)15-8-5-14-6-8/h7-8H,1-6,11H2,(H,12,13). The molecule has 0 aromatic rings. The maximum atomic E-state index is 11.0. The average molecular weight is 231 g/mol. The maximum absolute atomic E-state index is 11.0. The van der Waals surface area contributed by atoms with Gasteiger partial charge in [-0.2, -0.15) is 11.8 Å². The second-order valence-corrected chi connectivity index (χ2v) is 6.08. The molecule has 1 heterocycles. The Morgan fingerprint density at radius 3 is 2.73 bits per heavy atom. The molecule has 15 heavy (non-hydrogen) atoms. The van der Waals surface area contributed by atoms with Crippen molar-refractivity contribution in [1.82, 2.24) is 0 Å². The van der Waals surface area contributed by atoms with Crippen LogP contribution in [-0.4, -0.2) is 40.3 Å². The van der Waals surface area contributed by atoms with Gasteiger partial charge in [0.25, 0.3) is 0 Å². The predicted molar refractivity (Wildman–Crippen MR) is 59.0 cm³/mol. The molecule has 2 aliphatic rings.